The van der Waals surface area contributed by atoms with Gasteiger partial charge in [-0.05, 0) is 65.3 Å². The Morgan fingerprint density at radius 3 is 1.62 bits per heavy atom. The number of aromatic hydroxyl groups is 2. The van der Waals surface area contributed by atoms with Crippen molar-refractivity contribution < 1.29 is 27.0 Å². The van der Waals surface area contributed by atoms with Gasteiger partial charge < -0.3 is 32.5 Å². The van der Waals surface area contributed by atoms with Crippen molar-refractivity contribution in [1.29, 1.82) is 0 Å². The Hall–Kier alpha value is -2.11. The number of nitrogens with zero attached hydrogens (tertiary/aromatic N) is 2. The molecule has 0 aromatic heterocycles. The van der Waals surface area contributed by atoms with Crippen LogP contribution in [0.1, 0.15) is 133 Å². The van der Waals surface area contributed by atoms with E-state index in [1.807, 2.05) is 13.0 Å². The van der Waals surface area contributed by atoms with E-state index in [1.54, 1.807) is 12.4 Å². The third-order valence-corrected chi connectivity index (χ3v) is 7.27. The van der Waals surface area contributed by atoms with Crippen molar-refractivity contribution in [2.24, 2.45) is 9.98 Å². The van der Waals surface area contributed by atoms with Crippen molar-refractivity contribution in [3.05, 3.63) is 79.9 Å². The number of aryl methyl sites for hydroxylation is 1. The molecule has 0 saturated heterocycles. The van der Waals surface area contributed by atoms with Gasteiger partial charge in [0.1, 0.15) is 11.5 Å². The maximum absolute atomic E-state index is 11.0. The van der Waals surface area contributed by atoms with Crippen LogP contribution >= 0.6 is 0 Å². The topological polar surface area (TPSA) is 65.2 Å². The normalized spacial score (nSPS) is 11.7. The molecule has 0 spiro atoms. The number of aliphatic imine (C=N–C) groups is 2. The molecule has 243 valence electrons. The molecule has 0 amide bonds. The van der Waals surface area contributed by atoms with E-state index in [4.69, 9.17) is 0 Å². The van der Waals surface area contributed by atoms with Crippen molar-refractivity contribution in [1.82, 2.24) is 0 Å². The Morgan fingerprint density at radius 1 is 0.714 bits per heavy atom. The first-order valence-corrected chi connectivity index (χ1v) is 14.5. The molecule has 2 rings (SSSR count). The molecule has 0 aliphatic heterocycles. The van der Waals surface area contributed by atoms with E-state index in [0.717, 1.165) is 22.3 Å². The van der Waals surface area contributed by atoms with Crippen LogP contribution in [0.5, 0.6) is 11.5 Å². The van der Waals surface area contributed by atoms with Gasteiger partial charge in [0.05, 0.1) is 13.1 Å². The smallest absolute Gasteiger partial charge is 0.128 e. The molecule has 0 fully saturated rings. The van der Waals surface area contributed by atoms with Crippen molar-refractivity contribution in [3.63, 3.8) is 0 Å². The van der Waals surface area contributed by atoms with E-state index >= 15 is 0 Å². The quantitative estimate of drug-likeness (QED) is 0.140. The molecule has 0 bridgehead atoms. The van der Waals surface area contributed by atoms with Crippen LogP contribution in [0.2, 0.25) is 0 Å². The van der Waals surface area contributed by atoms with Crippen LogP contribution in [0.25, 0.3) is 0 Å². The summed E-state index contributed by atoms with van der Waals surface area (Å²) in [5.41, 5.74) is 5.67. The Bertz CT molecular complexity index is 1100. The maximum Gasteiger partial charge on any atom is 0.128 e. The average Bonchev–Trinajstić information content (AvgIpc) is 2.83. The second-order valence-electron chi connectivity index (χ2n) is 12.8. The fourth-order valence-corrected chi connectivity index (χ4v) is 4.75. The third-order valence-electron chi connectivity index (χ3n) is 7.27. The third kappa shape index (κ3) is 13.0. The molecule has 2 aromatic rings. The van der Waals surface area contributed by atoms with Gasteiger partial charge in [0.2, 0.25) is 0 Å². The second-order valence-corrected chi connectivity index (χ2v) is 12.8. The number of phenols is 2. The Balaban J connectivity index is -0.00000380. The zero-order valence-corrected chi connectivity index (χ0v) is 29.9. The Kier molecular flexibility index (Phi) is 21.1. The van der Waals surface area contributed by atoms with E-state index in [9.17, 15) is 10.2 Å². The largest absolute Gasteiger partial charge is 0.507 e. The molecule has 0 aliphatic rings. The molecule has 2 N–H and O–H groups in total. The molecule has 2 aromatic carbocycles. The van der Waals surface area contributed by atoms with Gasteiger partial charge in [0, 0.05) is 45.9 Å². The number of benzene rings is 2. The predicted octanol–water partition coefficient (Wildman–Crippen LogP) is 10.4. The summed E-state index contributed by atoms with van der Waals surface area (Å²) in [4.78, 5) is 9.15. The van der Waals surface area contributed by atoms with Crippen LogP contribution in [0.15, 0.2) is 34.3 Å². The molecule has 4 nitrogen and oxygen atoms in total. The van der Waals surface area contributed by atoms with Gasteiger partial charge in [-0.15, -0.1) is 0 Å². The van der Waals surface area contributed by atoms with E-state index in [2.05, 4.69) is 83.6 Å². The van der Waals surface area contributed by atoms with Crippen LogP contribution in [0, 0.1) is 29.2 Å². The van der Waals surface area contributed by atoms with Gasteiger partial charge in [0.25, 0.3) is 0 Å². The van der Waals surface area contributed by atoms with Crippen molar-refractivity contribution in [3.8, 4) is 11.5 Å². The number of hydrogen-bond donors (Lipinski definition) is 2. The standard InChI is InChI=1S/C34H52N2O2.3CH3.Co/c1-10-12-14-25(15-13-11-2)26-18-24(3)31(37)27(19-26)22-35-16-17-36-23-28-20-29(33(4,5)6)21-30(32(28)38)34(7,8)9;;;;/h18-23,25,37-38H,10-17H2,1-9H3;3*1H3;/q;3*-1;. The van der Waals surface area contributed by atoms with Crippen molar-refractivity contribution in [2.75, 3.05) is 13.1 Å². The van der Waals surface area contributed by atoms with Crippen LogP contribution in [0.4, 0.5) is 0 Å². The summed E-state index contributed by atoms with van der Waals surface area (Å²) in [6.45, 7) is 20.4. The Morgan fingerprint density at radius 2 is 1.19 bits per heavy atom. The first kappa shape index (κ1) is 44.3. The van der Waals surface area contributed by atoms with E-state index in [1.165, 1.54) is 49.7 Å². The van der Waals surface area contributed by atoms with E-state index in [-0.39, 0.29) is 49.9 Å². The second kappa shape index (κ2) is 20.0. The Labute approximate surface area is 270 Å². The van der Waals surface area contributed by atoms with E-state index < -0.39 is 0 Å². The number of phenolic OH excluding ortho intramolecular Hbond substituents is 2. The van der Waals surface area contributed by atoms with Gasteiger partial charge in [-0.3, -0.25) is 9.98 Å². The molecule has 1 radical (unpaired) electrons. The monoisotopic (exact) mass is 624 g/mol. The minimum absolute atomic E-state index is 0. The molecule has 0 aliphatic carbocycles. The minimum Gasteiger partial charge on any atom is -0.507 e. The predicted molar refractivity (Wildman–Crippen MR) is 184 cm³/mol. The van der Waals surface area contributed by atoms with Gasteiger partial charge >= 0.3 is 0 Å². The van der Waals surface area contributed by atoms with Crippen LogP contribution < -0.4 is 0 Å². The molecular formula is C37H61CoN2O2-3. The summed E-state index contributed by atoms with van der Waals surface area (Å²) >= 11 is 0. The van der Waals surface area contributed by atoms with Gasteiger partial charge in [-0.2, -0.15) is 0 Å². The van der Waals surface area contributed by atoms with Crippen LogP contribution in [0.3, 0.4) is 0 Å². The summed E-state index contributed by atoms with van der Waals surface area (Å²) in [7, 11) is 0. The molecule has 0 atom stereocenters. The molecule has 0 heterocycles. The summed E-state index contributed by atoms with van der Waals surface area (Å²) in [6, 6.07) is 8.43. The number of rotatable bonds is 12. The molecule has 0 unspecified atom stereocenters. The summed E-state index contributed by atoms with van der Waals surface area (Å²) in [5, 5.41) is 21.6. The van der Waals surface area contributed by atoms with Gasteiger partial charge in [-0.25, -0.2) is 0 Å². The van der Waals surface area contributed by atoms with Crippen LogP contribution in [-0.2, 0) is 27.6 Å². The molecule has 5 heteroatoms. The maximum atomic E-state index is 11.0. The minimum atomic E-state index is -0.168. The summed E-state index contributed by atoms with van der Waals surface area (Å²) in [6.07, 6.45) is 10.8. The SMILES string of the molecule is CCCCC(CCCC)c1cc(C)c(O)c(C=NCCN=Cc2cc(C(C)(C)C)cc(C(C)(C)C)c2O)c1.[CH3-].[CH3-].[CH3-].[Co]. The zero-order chi connectivity index (χ0) is 28.5. The van der Waals surface area contributed by atoms with Gasteiger partial charge in [0.15, 0.2) is 0 Å². The molecular weight excluding hydrogens is 563 g/mol. The number of hydrogen-bond acceptors (Lipinski definition) is 4. The van der Waals surface area contributed by atoms with Crippen molar-refractivity contribution in [2.45, 2.75) is 118 Å². The van der Waals surface area contributed by atoms with Crippen LogP contribution in [-0.4, -0.2) is 35.7 Å². The molecule has 42 heavy (non-hydrogen) atoms. The van der Waals surface area contributed by atoms with Gasteiger partial charge in [-0.1, -0.05) is 93.2 Å². The number of unbranched alkanes of at least 4 members (excludes halogenated alkanes) is 2. The summed E-state index contributed by atoms with van der Waals surface area (Å²) < 4.78 is 0. The zero-order valence-electron chi connectivity index (χ0n) is 28.8. The fourth-order valence-electron chi connectivity index (χ4n) is 4.75. The van der Waals surface area contributed by atoms with Crippen molar-refractivity contribution >= 4 is 12.4 Å². The average molecular weight is 625 g/mol. The first-order chi connectivity index (χ1) is 17.8. The van der Waals surface area contributed by atoms with E-state index in [0.29, 0.717) is 30.5 Å². The fraction of sp³-hybridized carbons (Fsp3) is 0.541. The summed E-state index contributed by atoms with van der Waals surface area (Å²) in [5.74, 6) is 1.14. The first-order valence-electron chi connectivity index (χ1n) is 14.5. The molecule has 0 saturated carbocycles.